The summed E-state index contributed by atoms with van der Waals surface area (Å²) in [5, 5.41) is 22.1. The predicted octanol–water partition coefficient (Wildman–Crippen LogP) is 5.34. The average Bonchev–Trinajstić information content (AvgIpc) is 2.63. The molecule has 0 atom stereocenters. The predicted molar refractivity (Wildman–Crippen MR) is 92.1 cm³/mol. The molecule has 0 aliphatic heterocycles. The van der Waals surface area contributed by atoms with Crippen LogP contribution < -0.4 is 4.74 Å². The minimum absolute atomic E-state index is 0.0128. The molecule has 0 radical (unpaired) electrons. The summed E-state index contributed by atoms with van der Waals surface area (Å²) in [7, 11) is 0. The molecule has 0 amide bonds. The molecule has 130 valence electrons. The highest BCUT2D eigenvalue weighted by atomic mass is 16.6. The van der Waals surface area contributed by atoms with Crippen molar-refractivity contribution in [3.8, 4) is 11.5 Å². The first-order chi connectivity index (χ1) is 12.1. The number of nitro groups is 2. The maximum Gasteiger partial charge on any atom is 0.318 e. The van der Waals surface area contributed by atoms with E-state index in [1.165, 1.54) is 18.6 Å². The number of hydrogen-bond donors (Lipinski definition) is 0. The molecule has 0 unspecified atom stereocenters. The lowest BCUT2D eigenvalue weighted by Gasteiger charge is -2.24. The molecule has 0 N–H and O–H groups in total. The number of nitrogens with zero attached hydrogens (tertiary/aromatic N) is 2. The van der Waals surface area contributed by atoms with Gasteiger partial charge in [-0.3, -0.25) is 20.2 Å². The van der Waals surface area contributed by atoms with Gasteiger partial charge in [-0.05, 0) is 36.5 Å². The van der Waals surface area contributed by atoms with Gasteiger partial charge in [-0.1, -0.05) is 37.5 Å². The van der Waals surface area contributed by atoms with Gasteiger partial charge in [-0.2, -0.15) is 0 Å². The fourth-order valence-electron chi connectivity index (χ4n) is 3.29. The van der Waals surface area contributed by atoms with Gasteiger partial charge < -0.3 is 4.74 Å². The van der Waals surface area contributed by atoms with Crippen molar-refractivity contribution in [1.29, 1.82) is 0 Å². The van der Waals surface area contributed by atoms with Gasteiger partial charge in [0.05, 0.1) is 15.9 Å². The van der Waals surface area contributed by atoms with E-state index in [0.29, 0.717) is 11.7 Å². The fourth-order valence-corrected chi connectivity index (χ4v) is 3.29. The molecule has 2 aromatic rings. The second-order valence-corrected chi connectivity index (χ2v) is 6.14. The first-order valence-electron chi connectivity index (χ1n) is 8.26. The molecule has 0 spiro atoms. The number of ether oxygens (including phenoxy) is 1. The molecule has 7 heteroatoms. The molecule has 1 fully saturated rings. The van der Waals surface area contributed by atoms with Gasteiger partial charge in [0.2, 0.25) is 5.75 Å². The third kappa shape index (κ3) is 3.76. The summed E-state index contributed by atoms with van der Waals surface area (Å²) in [5.74, 6) is 0.965. The molecule has 25 heavy (non-hydrogen) atoms. The van der Waals surface area contributed by atoms with Gasteiger partial charge >= 0.3 is 5.69 Å². The van der Waals surface area contributed by atoms with Crippen molar-refractivity contribution in [2.24, 2.45) is 0 Å². The van der Waals surface area contributed by atoms with Crippen LogP contribution in [0, 0.1) is 20.2 Å². The minimum Gasteiger partial charge on any atom is -0.450 e. The Morgan fingerprint density at radius 3 is 2.28 bits per heavy atom. The van der Waals surface area contributed by atoms with E-state index < -0.39 is 15.5 Å². The Balaban J connectivity index is 1.95. The van der Waals surface area contributed by atoms with E-state index in [2.05, 4.69) is 0 Å². The second kappa shape index (κ2) is 7.29. The largest absolute Gasteiger partial charge is 0.450 e. The summed E-state index contributed by atoms with van der Waals surface area (Å²) >= 11 is 0. The number of para-hydroxylation sites is 1. The Bertz CT molecular complexity index is 800. The van der Waals surface area contributed by atoms with E-state index in [0.717, 1.165) is 37.3 Å². The van der Waals surface area contributed by atoms with Gasteiger partial charge in [0.15, 0.2) is 0 Å². The van der Waals surface area contributed by atoms with Crippen molar-refractivity contribution in [3.63, 3.8) is 0 Å². The van der Waals surface area contributed by atoms with Crippen LogP contribution in [0.1, 0.15) is 43.6 Å². The lowest BCUT2D eigenvalue weighted by molar-refractivity contribution is -0.394. The van der Waals surface area contributed by atoms with Crippen molar-refractivity contribution in [2.75, 3.05) is 0 Å². The zero-order valence-electron chi connectivity index (χ0n) is 13.6. The molecule has 1 aliphatic rings. The molecule has 2 aromatic carbocycles. The van der Waals surface area contributed by atoms with E-state index in [4.69, 9.17) is 4.74 Å². The van der Waals surface area contributed by atoms with Crippen LogP contribution in [0.15, 0.2) is 42.5 Å². The topological polar surface area (TPSA) is 95.5 Å². The molecule has 0 aromatic heterocycles. The van der Waals surface area contributed by atoms with Crippen LogP contribution in [0.5, 0.6) is 11.5 Å². The fraction of sp³-hybridized carbons (Fsp3) is 0.333. The Labute approximate surface area is 144 Å². The van der Waals surface area contributed by atoms with Gasteiger partial charge in [-0.15, -0.1) is 0 Å². The maximum atomic E-state index is 11.3. The van der Waals surface area contributed by atoms with E-state index in [1.807, 2.05) is 18.2 Å². The summed E-state index contributed by atoms with van der Waals surface area (Å²) in [6.45, 7) is 0. The van der Waals surface area contributed by atoms with Crippen molar-refractivity contribution >= 4 is 11.4 Å². The Morgan fingerprint density at radius 2 is 1.60 bits per heavy atom. The number of non-ortho nitro benzene ring substituents is 1. The zero-order valence-corrected chi connectivity index (χ0v) is 13.6. The lowest BCUT2D eigenvalue weighted by atomic mass is 9.84. The van der Waals surface area contributed by atoms with Crippen LogP contribution in [0.4, 0.5) is 11.4 Å². The lowest BCUT2D eigenvalue weighted by Crippen LogP contribution is -2.06. The maximum absolute atomic E-state index is 11.3. The summed E-state index contributed by atoms with van der Waals surface area (Å²) in [4.78, 5) is 20.8. The number of hydrogen-bond acceptors (Lipinski definition) is 5. The van der Waals surface area contributed by atoms with E-state index in [1.54, 1.807) is 6.07 Å². The molecule has 1 aliphatic carbocycles. The Kier molecular flexibility index (Phi) is 4.92. The molecule has 1 saturated carbocycles. The van der Waals surface area contributed by atoms with Gasteiger partial charge in [-0.25, -0.2) is 0 Å². The first kappa shape index (κ1) is 16.9. The summed E-state index contributed by atoms with van der Waals surface area (Å²) in [5.41, 5.74) is 0.294. The highest BCUT2D eigenvalue weighted by Gasteiger charge is 2.24. The van der Waals surface area contributed by atoms with Crippen LogP contribution in [-0.4, -0.2) is 9.85 Å². The molecule has 3 rings (SSSR count). The second-order valence-electron chi connectivity index (χ2n) is 6.14. The van der Waals surface area contributed by atoms with Gasteiger partial charge in [0.25, 0.3) is 5.69 Å². The molecule has 0 bridgehead atoms. The minimum atomic E-state index is -0.661. The number of rotatable bonds is 5. The third-order valence-electron chi connectivity index (χ3n) is 4.53. The average molecular weight is 342 g/mol. The van der Waals surface area contributed by atoms with E-state index >= 15 is 0 Å². The number of nitro benzene ring substituents is 2. The van der Waals surface area contributed by atoms with Crippen LogP contribution in [0.25, 0.3) is 0 Å². The van der Waals surface area contributed by atoms with E-state index in [-0.39, 0.29) is 11.4 Å². The third-order valence-corrected chi connectivity index (χ3v) is 4.53. The van der Waals surface area contributed by atoms with Crippen LogP contribution in [0.2, 0.25) is 0 Å². The highest BCUT2D eigenvalue weighted by molar-refractivity contribution is 5.55. The Hall–Kier alpha value is -2.96. The monoisotopic (exact) mass is 342 g/mol. The SMILES string of the molecule is O=[N+]([O-])c1ccc(Oc2ccccc2C2CCCCC2)c([N+](=O)[O-])c1. The molecule has 7 nitrogen and oxygen atoms in total. The van der Waals surface area contributed by atoms with Crippen molar-refractivity contribution in [1.82, 2.24) is 0 Å². The molecule has 0 saturated heterocycles. The molecular weight excluding hydrogens is 324 g/mol. The normalized spacial score (nSPS) is 14.9. The van der Waals surface area contributed by atoms with Crippen LogP contribution >= 0.6 is 0 Å². The molecule has 0 heterocycles. The number of benzene rings is 2. The van der Waals surface area contributed by atoms with Crippen LogP contribution in [0.3, 0.4) is 0 Å². The summed E-state index contributed by atoms with van der Waals surface area (Å²) < 4.78 is 5.83. The van der Waals surface area contributed by atoms with Crippen molar-refractivity contribution in [3.05, 3.63) is 68.3 Å². The summed E-state index contributed by atoms with van der Waals surface area (Å²) in [6, 6.07) is 11.0. The first-order valence-corrected chi connectivity index (χ1v) is 8.26. The quantitative estimate of drug-likeness (QED) is 0.539. The Morgan fingerprint density at radius 1 is 0.880 bits per heavy atom. The zero-order chi connectivity index (χ0) is 17.8. The van der Waals surface area contributed by atoms with E-state index in [9.17, 15) is 20.2 Å². The standard InChI is InChI=1S/C18H18N2O5/c21-19(22)14-10-11-18(16(12-14)20(23)24)25-17-9-5-4-8-15(17)13-6-2-1-3-7-13/h4-5,8-13H,1-3,6-7H2. The van der Waals surface area contributed by atoms with Gasteiger partial charge in [0, 0.05) is 6.07 Å². The molecular formula is C18H18N2O5. The van der Waals surface area contributed by atoms with Crippen LogP contribution in [-0.2, 0) is 0 Å². The highest BCUT2D eigenvalue weighted by Crippen LogP contribution is 2.41. The van der Waals surface area contributed by atoms with Gasteiger partial charge in [0.1, 0.15) is 5.75 Å². The summed E-state index contributed by atoms with van der Waals surface area (Å²) in [6.07, 6.45) is 5.70. The van der Waals surface area contributed by atoms with Crippen molar-refractivity contribution in [2.45, 2.75) is 38.0 Å². The smallest absolute Gasteiger partial charge is 0.318 e. The van der Waals surface area contributed by atoms with Crippen molar-refractivity contribution < 1.29 is 14.6 Å².